The fourth-order valence-electron chi connectivity index (χ4n) is 3.13. The number of pyridine rings is 1. The first-order valence-electron chi connectivity index (χ1n) is 9.11. The molecule has 2 N–H and O–H groups in total. The molecule has 1 aromatic heterocycles. The molecular weight excluding hydrogens is 358 g/mol. The average Bonchev–Trinajstić information content (AvgIpc) is 2.61. The van der Waals surface area contributed by atoms with Crippen LogP contribution in [0.25, 0.3) is 22.2 Å². The number of benzene rings is 2. The third-order valence-electron chi connectivity index (χ3n) is 4.65. The highest BCUT2D eigenvalue weighted by molar-refractivity contribution is 6.31. The summed E-state index contributed by atoms with van der Waals surface area (Å²) in [4.78, 5) is 19.1. The van der Waals surface area contributed by atoms with Crippen molar-refractivity contribution in [2.45, 2.75) is 13.8 Å². The molecular formula is C22H25ClN3O+. The van der Waals surface area contributed by atoms with E-state index in [4.69, 9.17) is 16.6 Å². The smallest absolute Gasteiger partial charge is 0.252 e. The van der Waals surface area contributed by atoms with Crippen LogP contribution in [0.2, 0.25) is 5.02 Å². The van der Waals surface area contributed by atoms with Crippen molar-refractivity contribution in [3.05, 3.63) is 64.2 Å². The summed E-state index contributed by atoms with van der Waals surface area (Å²) >= 11 is 6.20. The molecule has 0 saturated heterocycles. The Balaban J connectivity index is 2.13. The molecule has 0 saturated carbocycles. The largest absolute Gasteiger partial charge is 0.346 e. The molecule has 0 bridgehead atoms. The number of carbonyl (C=O) groups excluding carboxylic acids is 1. The van der Waals surface area contributed by atoms with E-state index >= 15 is 0 Å². The summed E-state index contributed by atoms with van der Waals surface area (Å²) in [7, 11) is 4.13. The van der Waals surface area contributed by atoms with Crippen molar-refractivity contribution in [1.82, 2.24) is 10.3 Å². The molecule has 3 rings (SSSR count). The number of aryl methyl sites for hydroxylation is 1. The van der Waals surface area contributed by atoms with E-state index in [1.54, 1.807) is 0 Å². The number of nitrogens with one attached hydrogen (secondary N) is 2. The van der Waals surface area contributed by atoms with Crippen LogP contribution >= 0.6 is 11.6 Å². The molecule has 5 heteroatoms. The number of aromatic nitrogens is 1. The number of quaternary nitrogens is 1. The summed E-state index contributed by atoms with van der Waals surface area (Å²) < 4.78 is 0. The Morgan fingerprint density at radius 1 is 1.11 bits per heavy atom. The van der Waals surface area contributed by atoms with Crippen molar-refractivity contribution in [3.8, 4) is 11.3 Å². The van der Waals surface area contributed by atoms with E-state index in [-0.39, 0.29) is 5.91 Å². The number of likely N-dealkylation sites (N-methyl/N-ethyl adjacent to an activating group) is 1. The second kappa shape index (κ2) is 8.07. The molecule has 0 spiro atoms. The minimum Gasteiger partial charge on any atom is -0.346 e. The number of fused-ring (bicyclic) bond motifs is 1. The van der Waals surface area contributed by atoms with E-state index in [1.807, 2.05) is 37.3 Å². The standard InChI is InChI=1S/C22H24ClN3O/c1-14-5-7-16(8-6-14)21-15(2)20(22(27)24-11-12-26(3)4)18-13-17(23)9-10-19(18)25-21/h5-10,13H,11-12H2,1-4H3,(H,24,27)/p+1. The molecule has 0 aliphatic carbocycles. The number of hydrogen-bond donors (Lipinski definition) is 2. The predicted molar refractivity (Wildman–Crippen MR) is 112 cm³/mol. The van der Waals surface area contributed by atoms with E-state index in [0.29, 0.717) is 17.1 Å². The monoisotopic (exact) mass is 382 g/mol. The Hall–Kier alpha value is -2.43. The molecule has 0 aliphatic heterocycles. The number of halogens is 1. The third-order valence-corrected chi connectivity index (χ3v) is 4.89. The molecule has 0 atom stereocenters. The van der Waals surface area contributed by atoms with Gasteiger partial charge >= 0.3 is 0 Å². The fraction of sp³-hybridized carbons (Fsp3) is 0.273. The van der Waals surface area contributed by atoms with Gasteiger partial charge in [-0.3, -0.25) is 4.79 Å². The molecule has 4 nitrogen and oxygen atoms in total. The van der Waals surface area contributed by atoms with Gasteiger partial charge in [0.2, 0.25) is 0 Å². The number of hydrogen-bond acceptors (Lipinski definition) is 2. The Kier molecular flexibility index (Phi) is 5.78. The fourth-order valence-corrected chi connectivity index (χ4v) is 3.30. The number of nitrogens with zero attached hydrogens (tertiary/aromatic N) is 1. The second-order valence-electron chi connectivity index (χ2n) is 7.20. The molecule has 27 heavy (non-hydrogen) atoms. The first-order valence-corrected chi connectivity index (χ1v) is 9.48. The Bertz CT molecular complexity index is 981. The molecule has 0 aliphatic rings. The van der Waals surface area contributed by atoms with Crippen molar-refractivity contribution >= 4 is 28.4 Å². The lowest BCUT2D eigenvalue weighted by molar-refractivity contribution is -0.856. The molecule has 0 radical (unpaired) electrons. The summed E-state index contributed by atoms with van der Waals surface area (Å²) in [5, 5.41) is 4.42. The first-order chi connectivity index (χ1) is 12.9. The van der Waals surface area contributed by atoms with Crippen molar-refractivity contribution in [1.29, 1.82) is 0 Å². The number of carbonyl (C=O) groups is 1. The minimum absolute atomic E-state index is 0.0863. The van der Waals surface area contributed by atoms with Gasteiger partial charge in [-0.15, -0.1) is 0 Å². The quantitative estimate of drug-likeness (QED) is 0.712. The van der Waals surface area contributed by atoms with E-state index in [2.05, 4.69) is 38.5 Å². The van der Waals surface area contributed by atoms with Crippen molar-refractivity contribution in [2.24, 2.45) is 0 Å². The average molecular weight is 383 g/mol. The zero-order chi connectivity index (χ0) is 19.6. The maximum atomic E-state index is 13.0. The molecule has 0 unspecified atom stereocenters. The number of amides is 1. The second-order valence-corrected chi connectivity index (χ2v) is 7.64. The highest BCUT2D eigenvalue weighted by Gasteiger charge is 2.19. The van der Waals surface area contributed by atoms with Gasteiger partial charge in [-0.25, -0.2) is 4.98 Å². The Morgan fingerprint density at radius 3 is 2.48 bits per heavy atom. The third kappa shape index (κ3) is 4.29. The maximum absolute atomic E-state index is 13.0. The van der Waals surface area contributed by atoms with Gasteiger partial charge in [-0.2, -0.15) is 0 Å². The summed E-state index contributed by atoms with van der Waals surface area (Å²) in [5.41, 5.74) is 5.29. The summed E-state index contributed by atoms with van der Waals surface area (Å²) in [6, 6.07) is 13.7. The van der Waals surface area contributed by atoms with Crippen LogP contribution in [-0.4, -0.2) is 38.1 Å². The molecule has 1 amide bonds. The van der Waals surface area contributed by atoms with Crippen LogP contribution in [0.5, 0.6) is 0 Å². The van der Waals surface area contributed by atoms with Crippen LogP contribution in [0, 0.1) is 13.8 Å². The zero-order valence-electron chi connectivity index (χ0n) is 16.2. The van der Waals surface area contributed by atoms with E-state index in [9.17, 15) is 4.79 Å². The Labute approximate surface area is 165 Å². The van der Waals surface area contributed by atoms with Gasteiger partial charge in [-0.1, -0.05) is 41.4 Å². The van der Waals surface area contributed by atoms with Gasteiger partial charge in [0.1, 0.15) is 0 Å². The Morgan fingerprint density at radius 2 is 1.81 bits per heavy atom. The lowest BCUT2D eigenvalue weighted by Gasteiger charge is -2.15. The highest BCUT2D eigenvalue weighted by atomic mass is 35.5. The lowest BCUT2D eigenvalue weighted by atomic mass is 9.96. The van der Waals surface area contributed by atoms with Gasteiger partial charge in [0.15, 0.2) is 0 Å². The molecule has 1 heterocycles. The zero-order valence-corrected chi connectivity index (χ0v) is 16.9. The van der Waals surface area contributed by atoms with Gasteiger partial charge in [0.25, 0.3) is 5.91 Å². The summed E-state index contributed by atoms with van der Waals surface area (Å²) in [6.45, 7) is 5.48. The van der Waals surface area contributed by atoms with Crippen LogP contribution in [0.4, 0.5) is 0 Å². The van der Waals surface area contributed by atoms with Gasteiger partial charge < -0.3 is 10.2 Å². The topological polar surface area (TPSA) is 46.4 Å². The summed E-state index contributed by atoms with van der Waals surface area (Å²) in [6.07, 6.45) is 0. The molecule has 140 valence electrons. The van der Waals surface area contributed by atoms with E-state index in [1.165, 1.54) is 10.5 Å². The van der Waals surface area contributed by atoms with Crippen LogP contribution < -0.4 is 10.2 Å². The predicted octanol–water partition coefficient (Wildman–Crippen LogP) is 3.05. The van der Waals surface area contributed by atoms with E-state index in [0.717, 1.165) is 34.3 Å². The SMILES string of the molecule is Cc1ccc(-c2nc3ccc(Cl)cc3c(C(=O)NCC[NH+](C)C)c2C)cc1. The molecule has 2 aromatic carbocycles. The minimum atomic E-state index is -0.0863. The summed E-state index contributed by atoms with van der Waals surface area (Å²) in [5.74, 6) is -0.0863. The lowest BCUT2D eigenvalue weighted by Crippen LogP contribution is -3.06. The van der Waals surface area contributed by atoms with Crippen LogP contribution in [0.15, 0.2) is 42.5 Å². The van der Waals surface area contributed by atoms with Crippen LogP contribution in [0.1, 0.15) is 21.5 Å². The van der Waals surface area contributed by atoms with Gasteiger partial charge in [0.05, 0.1) is 44.0 Å². The van der Waals surface area contributed by atoms with Gasteiger partial charge in [0, 0.05) is 16.0 Å². The first kappa shape index (κ1) is 19.3. The molecule has 0 fully saturated rings. The van der Waals surface area contributed by atoms with Crippen molar-refractivity contribution in [2.75, 3.05) is 27.2 Å². The van der Waals surface area contributed by atoms with Crippen LogP contribution in [-0.2, 0) is 0 Å². The number of rotatable bonds is 5. The van der Waals surface area contributed by atoms with Gasteiger partial charge in [-0.05, 0) is 37.6 Å². The van der Waals surface area contributed by atoms with E-state index < -0.39 is 0 Å². The molecule has 3 aromatic rings. The maximum Gasteiger partial charge on any atom is 0.252 e. The van der Waals surface area contributed by atoms with Crippen LogP contribution in [0.3, 0.4) is 0 Å². The van der Waals surface area contributed by atoms with Crippen molar-refractivity contribution < 1.29 is 9.69 Å². The normalized spacial score (nSPS) is 11.2. The van der Waals surface area contributed by atoms with Crippen molar-refractivity contribution in [3.63, 3.8) is 0 Å². The highest BCUT2D eigenvalue weighted by Crippen LogP contribution is 2.31.